The van der Waals surface area contributed by atoms with E-state index in [4.69, 9.17) is 4.74 Å². The zero-order valence-corrected chi connectivity index (χ0v) is 22.2. The molecule has 0 aliphatic rings. The van der Waals surface area contributed by atoms with Gasteiger partial charge in [-0.15, -0.1) is 37.2 Å². The number of ether oxygens (including phenoxy) is 1. The predicted molar refractivity (Wildman–Crippen MR) is 145 cm³/mol. The highest BCUT2D eigenvalue weighted by Gasteiger charge is 2.15. The fourth-order valence-electron chi connectivity index (χ4n) is 3.58. The van der Waals surface area contributed by atoms with Crippen molar-refractivity contribution < 1.29 is 9.66 Å². The molecule has 190 valence electrons. The highest BCUT2D eigenvalue weighted by molar-refractivity contribution is 5.86. The van der Waals surface area contributed by atoms with Crippen molar-refractivity contribution in [1.82, 2.24) is 14.3 Å². The van der Waals surface area contributed by atoms with Gasteiger partial charge in [0, 0.05) is 30.6 Å². The molecule has 7 nitrogen and oxygen atoms in total. The first-order valence-corrected chi connectivity index (χ1v) is 11.2. The second kappa shape index (κ2) is 16.5. The molecule has 0 N–H and O–H groups in total. The maximum Gasteiger partial charge on any atom is 0.312 e. The second-order valence-electron chi connectivity index (χ2n) is 7.78. The lowest BCUT2D eigenvalue weighted by Crippen LogP contribution is -2.28. The fourth-order valence-corrected chi connectivity index (χ4v) is 3.58. The lowest BCUT2D eigenvalue weighted by Gasteiger charge is -2.21. The van der Waals surface area contributed by atoms with Crippen molar-refractivity contribution in [1.29, 1.82) is 0 Å². The van der Waals surface area contributed by atoms with Gasteiger partial charge in [-0.2, -0.15) is 0 Å². The number of benzene rings is 1. The van der Waals surface area contributed by atoms with Crippen molar-refractivity contribution in [3.05, 3.63) is 58.9 Å². The van der Waals surface area contributed by atoms with E-state index in [0.29, 0.717) is 17.9 Å². The van der Waals surface area contributed by atoms with Crippen LogP contribution in [0, 0.1) is 10.1 Å². The maximum atomic E-state index is 11.2. The van der Waals surface area contributed by atoms with Crippen LogP contribution in [0.5, 0.6) is 5.75 Å². The maximum absolute atomic E-state index is 11.2. The van der Waals surface area contributed by atoms with Crippen LogP contribution in [-0.4, -0.2) is 45.4 Å². The molecule has 3 aromatic rings. The van der Waals surface area contributed by atoms with E-state index in [0.717, 1.165) is 24.3 Å². The Balaban J connectivity index is 0.00000363. The van der Waals surface area contributed by atoms with Crippen LogP contribution in [-0.2, 0) is 0 Å². The van der Waals surface area contributed by atoms with Crippen molar-refractivity contribution in [3.63, 3.8) is 0 Å². The Bertz CT molecular complexity index is 975. The monoisotopic (exact) mass is 532 g/mol. The zero-order valence-electron chi connectivity index (χ0n) is 19.7. The van der Waals surface area contributed by atoms with Crippen LogP contribution < -0.4 is 4.74 Å². The molecule has 2 aromatic heterocycles. The number of rotatable bonds is 13. The van der Waals surface area contributed by atoms with Crippen molar-refractivity contribution in [3.8, 4) is 17.0 Å². The quantitative estimate of drug-likeness (QED) is 0.136. The molecule has 34 heavy (non-hydrogen) atoms. The molecule has 0 spiro atoms. The summed E-state index contributed by atoms with van der Waals surface area (Å²) in [7, 11) is 0. The first-order chi connectivity index (χ1) is 15.1. The van der Waals surface area contributed by atoms with Gasteiger partial charge in [-0.1, -0.05) is 26.7 Å². The summed E-state index contributed by atoms with van der Waals surface area (Å²) in [5.74, 6) is 0.826. The van der Waals surface area contributed by atoms with E-state index >= 15 is 0 Å². The fraction of sp³-hybridized carbons (Fsp3) is 0.458. The summed E-state index contributed by atoms with van der Waals surface area (Å²) in [6.07, 6.45) is 9.53. The van der Waals surface area contributed by atoms with E-state index in [1.807, 2.05) is 24.3 Å². The zero-order chi connectivity index (χ0) is 22.1. The van der Waals surface area contributed by atoms with Crippen LogP contribution in [0.4, 0.5) is 5.69 Å². The largest absolute Gasteiger partial charge is 0.494 e. The summed E-state index contributed by atoms with van der Waals surface area (Å²) < 4.78 is 7.61. The number of hydrogen-bond acceptors (Lipinski definition) is 5. The van der Waals surface area contributed by atoms with E-state index in [1.165, 1.54) is 44.8 Å². The summed E-state index contributed by atoms with van der Waals surface area (Å²) >= 11 is 0. The molecule has 1 aromatic carbocycles. The number of hydrogen-bond donors (Lipinski definition) is 0. The van der Waals surface area contributed by atoms with E-state index < -0.39 is 4.92 Å². The molecule has 0 aliphatic carbocycles. The number of imidazole rings is 1. The Morgan fingerprint density at radius 2 is 1.59 bits per heavy atom. The average Bonchev–Trinajstić information content (AvgIpc) is 3.22. The summed E-state index contributed by atoms with van der Waals surface area (Å²) in [6, 6.07) is 10.9. The van der Waals surface area contributed by atoms with Gasteiger partial charge in [0.05, 0.1) is 17.2 Å². The van der Waals surface area contributed by atoms with Gasteiger partial charge in [0.1, 0.15) is 5.75 Å². The van der Waals surface area contributed by atoms with Crippen LogP contribution in [0.1, 0.15) is 46.0 Å². The van der Waals surface area contributed by atoms with Gasteiger partial charge >= 0.3 is 5.69 Å². The number of nitrogens with zero attached hydrogens (tertiary/aromatic N) is 4. The van der Waals surface area contributed by atoms with Gasteiger partial charge < -0.3 is 14.0 Å². The number of unbranched alkanes of at least 4 members (excludes halogenated alkanes) is 2. The molecule has 0 fully saturated rings. The molecule has 2 heterocycles. The van der Waals surface area contributed by atoms with Crippen molar-refractivity contribution in [2.24, 2.45) is 0 Å². The summed E-state index contributed by atoms with van der Waals surface area (Å²) in [5, 5.41) is 11.2. The van der Waals surface area contributed by atoms with E-state index in [9.17, 15) is 10.1 Å². The molecule has 0 saturated carbocycles. The van der Waals surface area contributed by atoms with Crippen LogP contribution in [0.3, 0.4) is 0 Å². The summed E-state index contributed by atoms with van der Waals surface area (Å²) in [6.45, 7) is 8.56. The van der Waals surface area contributed by atoms with Crippen LogP contribution in [0.2, 0.25) is 0 Å². The Morgan fingerprint density at radius 1 is 0.971 bits per heavy atom. The molecule has 0 amide bonds. The Labute approximate surface area is 220 Å². The van der Waals surface area contributed by atoms with Crippen molar-refractivity contribution in [2.45, 2.75) is 46.0 Å². The number of aromatic nitrogens is 2. The minimum atomic E-state index is -0.408. The second-order valence-corrected chi connectivity index (χ2v) is 7.78. The number of halogens is 3. The van der Waals surface area contributed by atoms with Crippen LogP contribution in [0.15, 0.2) is 48.8 Å². The third kappa shape index (κ3) is 8.95. The highest BCUT2D eigenvalue weighted by atomic mass is 35.5. The third-order valence-corrected chi connectivity index (χ3v) is 5.35. The third-order valence-electron chi connectivity index (χ3n) is 5.35. The molecule has 0 bridgehead atoms. The van der Waals surface area contributed by atoms with Crippen LogP contribution >= 0.6 is 37.2 Å². The number of pyridine rings is 1. The molecule has 0 unspecified atom stereocenters. The molecular weight excluding hydrogens is 499 g/mol. The minimum absolute atomic E-state index is 0. The Hall–Kier alpha value is -2.06. The van der Waals surface area contributed by atoms with Gasteiger partial charge in [-0.25, -0.2) is 4.98 Å². The summed E-state index contributed by atoms with van der Waals surface area (Å²) in [5.41, 5.74) is 1.94. The first kappa shape index (κ1) is 31.9. The molecule has 0 saturated heterocycles. The lowest BCUT2D eigenvalue weighted by atomic mass is 10.1. The molecule has 0 aliphatic heterocycles. The van der Waals surface area contributed by atoms with Crippen molar-refractivity contribution in [2.75, 3.05) is 26.2 Å². The smallest absolute Gasteiger partial charge is 0.312 e. The normalized spacial score (nSPS) is 10.3. The van der Waals surface area contributed by atoms with Gasteiger partial charge in [-0.05, 0) is 62.7 Å². The predicted octanol–water partition coefficient (Wildman–Crippen LogP) is 6.85. The van der Waals surface area contributed by atoms with Gasteiger partial charge in [0.2, 0.25) is 5.65 Å². The highest BCUT2D eigenvalue weighted by Crippen LogP contribution is 2.25. The van der Waals surface area contributed by atoms with Crippen molar-refractivity contribution >= 4 is 48.6 Å². The topological polar surface area (TPSA) is 72.9 Å². The summed E-state index contributed by atoms with van der Waals surface area (Å²) in [4.78, 5) is 17.8. The minimum Gasteiger partial charge on any atom is -0.494 e. The molecule has 3 rings (SSSR count). The van der Waals surface area contributed by atoms with Gasteiger partial charge in [0.25, 0.3) is 0 Å². The van der Waals surface area contributed by atoms with Gasteiger partial charge in [-0.3, -0.25) is 10.1 Å². The first-order valence-electron chi connectivity index (χ1n) is 11.2. The Morgan fingerprint density at radius 3 is 2.18 bits per heavy atom. The van der Waals surface area contributed by atoms with E-state index in [1.54, 1.807) is 22.9 Å². The molecule has 10 heteroatoms. The van der Waals surface area contributed by atoms with Gasteiger partial charge in [0.15, 0.2) is 0 Å². The average molecular weight is 534 g/mol. The SMILES string of the molecule is CCCCN(CCCC)CCCOc1ccc(-c2cn3cccc([N+](=O)[O-])c3n2)cc1.Cl.Cl.Cl. The molecule has 0 radical (unpaired) electrons. The molecule has 0 atom stereocenters. The van der Waals surface area contributed by atoms with E-state index in [2.05, 4.69) is 23.7 Å². The number of fused-ring (bicyclic) bond motifs is 1. The number of nitro groups is 1. The Kier molecular flexibility index (Phi) is 15.5. The standard InChI is InChI=1S/C24H32N4O3.3ClH/c1-3-5-14-26(15-6-4-2)16-8-18-31-21-12-10-20(11-13-21)22-19-27-17-7-9-23(28(29)30)24(27)25-22;;;/h7,9-13,17,19H,3-6,8,14-16,18H2,1-2H3;3*1H. The lowest BCUT2D eigenvalue weighted by molar-refractivity contribution is -0.383. The van der Waals surface area contributed by atoms with E-state index in [-0.39, 0.29) is 42.9 Å². The van der Waals surface area contributed by atoms with Crippen LogP contribution in [0.25, 0.3) is 16.9 Å². The molecular formula is C24H35Cl3N4O3.